The zero-order valence-corrected chi connectivity index (χ0v) is 9.53. The molecule has 1 rings (SSSR count). The van der Waals surface area contributed by atoms with E-state index in [0.717, 1.165) is 20.2 Å². The van der Waals surface area contributed by atoms with Crippen molar-refractivity contribution in [3.63, 3.8) is 0 Å². The molecule has 0 saturated heterocycles. The van der Waals surface area contributed by atoms with Crippen LogP contribution in [0.1, 0.15) is 13.8 Å². The number of hydrogen-bond donors (Lipinski definition) is 1. The van der Waals surface area contributed by atoms with Crippen LogP contribution < -0.4 is 5.32 Å². The summed E-state index contributed by atoms with van der Waals surface area (Å²) in [5.41, 5.74) is -2.01. The van der Waals surface area contributed by atoms with Crippen molar-refractivity contribution in [3.05, 3.63) is 16.5 Å². The monoisotopic (exact) mass is 251 g/mol. The lowest BCUT2D eigenvalue weighted by Gasteiger charge is -2.13. The number of anilines is 1. The van der Waals surface area contributed by atoms with Crippen LogP contribution in [0.2, 0.25) is 10.2 Å². The Bertz CT molecular complexity index is 392. The highest BCUT2D eigenvalue weighted by Crippen LogP contribution is 2.26. The molecule has 0 aliphatic carbocycles. The van der Waals surface area contributed by atoms with E-state index in [1.807, 2.05) is 0 Å². The number of rotatable bonds is 2. The Balaban J connectivity index is 2.91. The van der Waals surface area contributed by atoms with E-state index in [2.05, 4.69) is 15.3 Å². The van der Waals surface area contributed by atoms with Gasteiger partial charge in [0, 0.05) is 0 Å². The Morgan fingerprint density at radius 2 is 2.07 bits per heavy atom. The third-order valence-electron chi connectivity index (χ3n) is 1.52. The highest BCUT2D eigenvalue weighted by Gasteiger charge is 2.27. The Morgan fingerprint density at radius 1 is 1.47 bits per heavy atom. The first kappa shape index (κ1) is 12.1. The quantitative estimate of drug-likeness (QED) is 0.822. The van der Waals surface area contributed by atoms with E-state index in [4.69, 9.17) is 23.2 Å². The standard InChI is InChI=1S/C8H8Cl2FN3O/c1-8(2,11)7(15)14-6-4(9)5(10)12-3-13-6/h3H,1-2H3,(H,12,13,14,15). The minimum atomic E-state index is -2.01. The third-order valence-corrected chi connectivity index (χ3v) is 2.26. The Kier molecular flexibility index (Phi) is 3.46. The lowest BCUT2D eigenvalue weighted by molar-refractivity contribution is -0.125. The second-order valence-electron chi connectivity index (χ2n) is 3.25. The maximum Gasteiger partial charge on any atom is 0.262 e. The molecule has 0 fully saturated rings. The number of hydrogen-bond acceptors (Lipinski definition) is 3. The molecule has 7 heteroatoms. The first-order chi connectivity index (χ1) is 6.82. The molecule has 82 valence electrons. The van der Waals surface area contributed by atoms with Gasteiger partial charge in [0.05, 0.1) is 0 Å². The normalized spacial score (nSPS) is 11.3. The zero-order valence-electron chi connectivity index (χ0n) is 8.01. The van der Waals surface area contributed by atoms with Crippen LogP contribution in [0.3, 0.4) is 0 Å². The van der Waals surface area contributed by atoms with E-state index in [9.17, 15) is 9.18 Å². The van der Waals surface area contributed by atoms with Crippen LogP contribution in [-0.2, 0) is 4.79 Å². The second kappa shape index (κ2) is 4.28. The zero-order chi connectivity index (χ0) is 11.6. The molecule has 0 aliphatic heterocycles. The number of nitrogens with zero attached hydrogens (tertiary/aromatic N) is 2. The van der Waals surface area contributed by atoms with Gasteiger partial charge in [0.25, 0.3) is 5.91 Å². The molecule has 1 aromatic rings. The van der Waals surface area contributed by atoms with Crippen molar-refractivity contribution in [3.8, 4) is 0 Å². The lowest BCUT2D eigenvalue weighted by atomic mass is 10.1. The summed E-state index contributed by atoms with van der Waals surface area (Å²) in [6.07, 6.45) is 1.12. The van der Waals surface area contributed by atoms with Crippen molar-refractivity contribution in [1.82, 2.24) is 9.97 Å². The van der Waals surface area contributed by atoms with Crippen molar-refractivity contribution < 1.29 is 9.18 Å². The minimum Gasteiger partial charge on any atom is -0.307 e. The van der Waals surface area contributed by atoms with Crippen LogP contribution in [0, 0.1) is 0 Å². The van der Waals surface area contributed by atoms with Crippen molar-refractivity contribution in [2.75, 3.05) is 5.32 Å². The van der Waals surface area contributed by atoms with Gasteiger partial charge in [-0.3, -0.25) is 4.79 Å². The van der Waals surface area contributed by atoms with Crippen LogP contribution in [0.5, 0.6) is 0 Å². The predicted molar refractivity (Wildman–Crippen MR) is 55.9 cm³/mol. The summed E-state index contributed by atoms with van der Waals surface area (Å²) in [6.45, 7) is 2.25. The molecule has 0 aromatic carbocycles. The summed E-state index contributed by atoms with van der Waals surface area (Å²) in [4.78, 5) is 18.5. The third kappa shape index (κ3) is 3.00. The Labute approximate surface area is 95.8 Å². The fourth-order valence-electron chi connectivity index (χ4n) is 0.692. The number of halogens is 3. The molecule has 0 aliphatic rings. The van der Waals surface area contributed by atoms with E-state index in [1.165, 1.54) is 0 Å². The van der Waals surface area contributed by atoms with Crippen molar-refractivity contribution in [2.24, 2.45) is 0 Å². The average molecular weight is 252 g/mol. The summed E-state index contributed by atoms with van der Waals surface area (Å²) in [7, 11) is 0. The van der Waals surface area contributed by atoms with Gasteiger partial charge in [0.1, 0.15) is 11.3 Å². The molecule has 15 heavy (non-hydrogen) atoms. The number of alkyl halides is 1. The molecule has 1 heterocycles. The summed E-state index contributed by atoms with van der Waals surface area (Å²) in [5.74, 6) is -0.855. The van der Waals surface area contributed by atoms with E-state index in [-0.39, 0.29) is 16.0 Å². The topological polar surface area (TPSA) is 54.9 Å². The lowest BCUT2D eigenvalue weighted by Crippen LogP contribution is -2.33. The predicted octanol–water partition coefficient (Wildman–Crippen LogP) is 2.47. The van der Waals surface area contributed by atoms with E-state index in [1.54, 1.807) is 0 Å². The van der Waals surface area contributed by atoms with Gasteiger partial charge in [0.15, 0.2) is 16.6 Å². The molecular weight excluding hydrogens is 244 g/mol. The number of carbonyl (C=O) groups is 1. The van der Waals surface area contributed by atoms with Gasteiger partial charge in [-0.1, -0.05) is 23.2 Å². The number of amides is 1. The number of aromatic nitrogens is 2. The maximum atomic E-state index is 13.2. The van der Waals surface area contributed by atoms with Crippen LogP contribution in [0.25, 0.3) is 0 Å². The molecule has 1 aromatic heterocycles. The van der Waals surface area contributed by atoms with Gasteiger partial charge in [0.2, 0.25) is 0 Å². The Hall–Kier alpha value is -0.940. The summed E-state index contributed by atoms with van der Waals surface area (Å²) in [6, 6.07) is 0. The van der Waals surface area contributed by atoms with Gasteiger partial charge >= 0.3 is 0 Å². The van der Waals surface area contributed by atoms with Crippen LogP contribution >= 0.6 is 23.2 Å². The molecule has 1 N–H and O–H groups in total. The van der Waals surface area contributed by atoms with Crippen molar-refractivity contribution in [1.29, 1.82) is 0 Å². The SMILES string of the molecule is CC(C)(F)C(=O)Nc1ncnc(Cl)c1Cl. The molecule has 0 spiro atoms. The highest BCUT2D eigenvalue weighted by atomic mass is 35.5. The van der Waals surface area contributed by atoms with Gasteiger partial charge < -0.3 is 5.32 Å². The first-order valence-electron chi connectivity index (χ1n) is 3.98. The fraction of sp³-hybridized carbons (Fsp3) is 0.375. The van der Waals surface area contributed by atoms with Gasteiger partial charge in [-0.25, -0.2) is 14.4 Å². The van der Waals surface area contributed by atoms with E-state index in [0.29, 0.717) is 0 Å². The molecule has 0 saturated carbocycles. The molecule has 0 atom stereocenters. The molecule has 0 bridgehead atoms. The Morgan fingerprint density at radius 3 is 2.60 bits per heavy atom. The molecule has 4 nitrogen and oxygen atoms in total. The molecule has 0 unspecified atom stereocenters. The average Bonchev–Trinajstić information content (AvgIpc) is 2.11. The van der Waals surface area contributed by atoms with E-state index < -0.39 is 11.6 Å². The largest absolute Gasteiger partial charge is 0.307 e. The first-order valence-corrected chi connectivity index (χ1v) is 4.74. The minimum absolute atomic E-state index is 0.00127. The van der Waals surface area contributed by atoms with Crippen molar-refractivity contribution >= 4 is 34.9 Å². The highest BCUT2D eigenvalue weighted by molar-refractivity contribution is 6.42. The van der Waals surface area contributed by atoms with Crippen molar-refractivity contribution in [2.45, 2.75) is 19.5 Å². The summed E-state index contributed by atoms with van der Waals surface area (Å²) in [5, 5.41) is 2.19. The summed E-state index contributed by atoms with van der Waals surface area (Å²) < 4.78 is 13.2. The second-order valence-corrected chi connectivity index (χ2v) is 3.99. The number of carbonyl (C=O) groups excluding carboxylic acids is 1. The van der Waals surface area contributed by atoms with Crippen LogP contribution in [-0.4, -0.2) is 21.5 Å². The molecule has 1 amide bonds. The van der Waals surface area contributed by atoms with Crippen LogP contribution in [0.4, 0.5) is 10.2 Å². The van der Waals surface area contributed by atoms with Crippen LogP contribution in [0.15, 0.2) is 6.33 Å². The van der Waals surface area contributed by atoms with Gasteiger partial charge in [-0.05, 0) is 13.8 Å². The van der Waals surface area contributed by atoms with Gasteiger partial charge in [-0.15, -0.1) is 0 Å². The smallest absolute Gasteiger partial charge is 0.262 e. The fourth-order valence-corrected chi connectivity index (χ4v) is 0.970. The number of nitrogens with one attached hydrogen (secondary N) is 1. The van der Waals surface area contributed by atoms with E-state index >= 15 is 0 Å². The summed E-state index contributed by atoms with van der Waals surface area (Å²) >= 11 is 11.3. The molecule has 0 radical (unpaired) electrons. The van der Waals surface area contributed by atoms with Gasteiger partial charge in [-0.2, -0.15) is 0 Å². The maximum absolute atomic E-state index is 13.2. The molecular formula is C8H8Cl2FN3O.